The number of hydrogen-bond donors (Lipinski definition) is 1. The zero-order chi connectivity index (χ0) is 15.2. The van der Waals surface area contributed by atoms with E-state index >= 15 is 0 Å². The quantitative estimate of drug-likeness (QED) is 0.473. The number of nitrogens with one attached hydrogen (secondary N) is 1. The van der Waals surface area contributed by atoms with Crippen molar-refractivity contribution in [2.24, 2.45) is 0 Å². The summed E-state index contributed by atoms with van der Waals surface area (Å²) in [6, 6.07) is 11.4. The monoisotopic (exact) mass is 369 g/mol. The Balaban J connectivity index is -0.000000347. The van der Waals surface area contributed by atoms with Gasteiger partial charge in [0.2, 0.25) is 0 Å². The number of aromatic nitrogens is 2. The summed E-state index contributed by atoms with van der Waals surface area (Å²) in [4.78, 5) is 17.1. The number of nitrogens with zero attached hydrogens (tertiary/aromatic N) is 3. The molecule has 3 N–H and O–H groups in total. The molecule has 0 atom stereocenters. The van der Waals surface area contributed by atoms with E-state index in [1.165, 1.54) is 5.16 Å². The van der Waals surface area contributed by atoms with E-state index in [1.807, 2.05) is 36.4 Å². The van der Waals surface area contributed by atoms with E-state index in [4.69, 9.17) is 15.3 Å². The first kappa shape index (κ1) is 24.8. The van der Waals surface area contributed by atoms with Crippen molar-refractivity contribution < 1.29 is 32.4 Å². The van der Waals surface area contributed by atoms with Gasteiger partial charge >= 0.3 is 17.1 Å². The summed E-state index contributed by atoms with van der Waals surface area (Å²) in [6.45, 7) is 0.972. The van der Waals surface area contributed by atoms with E-state index in [0.29, 0.717) is 0 Å². The van der Waals surface area contributed by atoms with Gasteiger partial charge in [0.1, 0.15) is 11.6 Å². The van der Waals surface area contributed by atoms with Crippen LogP contribution in [0.1, 0.15) is 6.92 Å². The topological polar surface area (TPSA) is 132 Å². The van der Waals surface area contributed by atoms with Crippen molar-refractivity contribution in [3.63, 3.8) is 0 Å². The van der Waals surface area contributed by atoms with Gasteiger partial charge < -0.3 is 26.1 Å². The minimum Gasteiger partial charge on any atom is -0.753 e. The molecular formula is C13H14CuN4O3S. The van der Waals surface area contributed by atoms with E-state index in [9.17, 15) is 0 Å². The molecule has 0 aliphatic carbocycles. The van der Waals surface area contributed by atoms with Gasteiger partial charge in [0.25, 0.3) is 0 Å². The van der Waals surface area contributed by atoms with Gasteiger partial charge in [-0.3, -0.25) is 0 Å². The first-order chi connectivity index (χ1) is 9.60. The van der Waals surface area contributed by atoms with E-state index < -0.39 is 5.97 Å². The number of thiocarbonyl (C=S) groups is 1. The van der Waals surface area contributed by atoms with Crippen LogP contribution in [0.25, 0.3) is 5.41 Å². The Bertz CT molecular complexity index is 496. The molecular weight excluding hydrogens is 356 g/mol. The second kappa shape index (κ2) is 16.9. The summed E-state index contributed by atoms with van der Waals surface area (Å²) in [5.41, 5.74) is 0. The SMILES string of the molecule is CC(=O)[O-].O.[Cu+2].[N-]=C=S.c1ccc(Nc2ccccn2)nc1. The summed E-state index contributed by atoms with van der Waals surface area (Å²) < 4.78 is 0. The first-order valence-electron chi connectivity index (χ1n) is 5.38. The van der Waals surface area contributed by atoms with Crippen molar-refractivity contribution in [1.29, 1.82) is 0 Å². The molecule has 2 aromatic heterocycles. The molecule has 0 fully saturated rings. The average Bonchev–Trinajstić information content (AvgIpc) is 2.41. The Labute approximate surface area is 144 Å². The molecule has 0 aromatic carbocycles. The van der Waals surface area contributed by atoms with Crippen LogP contribution in [0.3, 0.4) is 0 Å². The third-order valence-electron chi connectivity index (χ3n) is 1.59. The number of isothiocyanates is 1. The maximum atomic E-state index is 8.89. The fourth-order valence-corrected chi connectivity index (χ4v) is 1.00. The van der Waals surface area contributed by atoms with Gasteiger partial charge in [-0.1, -0.05) is 24.4 Å². The van der Waals surface area contributed by atoms with Crippen molar-refractivity contribution in [1.82, 2.24) is 9.97 Å². The van der Waals surface area contributed by atoms with Gasteiger partial charge in [0, 0.05) is 18.4 Å². The summed E-state index contributed by atoms with van der Waals surface area (Å²) in [6.07, 6.45) is 3.48. The molecule has 0 aliphatic rings. The van der Waals surface area contributed by atoms with Gasteiger partial charge in [-0.2, -0.15) is 5.16 Å². The maximum Gasteiger partial charge on any atom is 2.00 e. The summed E-state index contributed by atoms with van der Waals surface area (Å²) in [5.74, 6) is 0.530. The van der Waals surface area contributed by atoms with Crippen molar-refractivity contribution >= 4 is 35.0 Å². The number of carboxylic acids is 1. The molecule has 9 heteroatoms. The molecule has 0 unspecified atom stereocenters. The number of anilines is 2. The third kappa shape index (κ3) is 15.9. The minimum absolute atomic E-state index is 0. The van der Waals surface area contributed by atoms with Crippen LogP contribution < -0.4 is 10.4 Å². The second-order valence-corrected chi connectivity index (χ2v) is 3.32. The number of carbonyl (C=O) groups excluding carboxylic acids is 1. The molecule has 7 nitrogen and oxygen atoms in total. The van der Waals surface area contributed by atoms with Gasteiger partial charge in [0.15, 0.2) is 0 Å². The molecule has 0 bridgehead atoms. The van der Waals surface area contributed by atoms with Gasteiger partial charge in [0.05, 0.1) is 0 Å². The van der Waals surface area contributed by atoms with Crippen molar-refractivity contribution in [3.05, 3.63) is 54.2 Å². The number of pyridine rings is 2. The van der Waals surface area contributed by atoms with Crippen LogP contribution in [-0.4, -0.2) is 26.6 Å². The fraction of sp³-hybridized carbons (Fsp3) is 0.0769. The Morgan fingerprint density at radius 1 is 1.18 bits per heavy atom. The molecule has 0 saturated heterocycles. The molecule has 2 rings (SSSR count). The van der Waals surface area contributed by atoms with E-state index in [2.05, 4.69) is 27.5 Å². The van der Waals surface area contributed by atoms with Crippen LogP contribution in [0.2, 0.25) is 0 Å². The maximum absolute atomic E-state index is 8.89. The van der Waals surface area contributed by atoms with Crippen LogP contribution >= 0.6 is 12.2 Å². The molecule has 0 saturated carbocycles. The number of rotatable bonds is 2. The number of carboxylic acid groups (broad SMARTS) is 1. The Morgan fingerprint density at radius 3 is 1.73 bits per heavy atom. The predicted octanol–water partition coefficient (Wildman–Crippen LogP) is 0.808. The summed E-state index contributed by atoms with van der Waals surface area (Å²) >= 11 is 3.70. The predicted molar refractivity (Wildman–Crippen MR) is 82.0 cm³/mol. The smallest absolute Gasteiger partial charge is 0.753 e. The molecule has 1 radical (unpaired) electrons. The van der Waals surface area contributed by atoms with E-state index in [0.717, 1.165) is 18.6 Å². The van der Waals surface area contributed by atoms with Crippen molar-refractivity contribution in [2.45, 2.75) is 6.92 Å². The van der Waals surface area contributed by atoms with Crippen molar-refractivity contribution in [2.75, 3.05) is 5.32 Å². The van der Waals surface area contributed by atoms with Crippen LogP contribution in [0, 0.1) is 0 Å². The second-order valence-electron chi connectivity index (χ2n) is 3.14. The zero-order valence-electron chi connectivity index (χ0n) is 11.5. The Morgan fingerprint density at radius 2 is 1.50 bits per heavy atom. The third-order valence-corrected chi connectivity index (χ3v) is 1.59. The Hall–Kier alpha value is -2.15. The van der Waals surface area contributed by atoms with Crippen LogP contribution in [-0.2, 0) is 21.9 Å². The van der Waals surface area contributed by atoms with Gasteiger partial charge in [-0.05, 0) is 31.2 Å². The normalized spacial score (nSPS) is 7.14. The van der Waals surface area contributed by atoms with Gasteiger partial charge in [-0.15, -0.1) is 0 Å². The summed E-state index contributed by atoms with van der Waals surface area (Å²) in [5, 5.41) is 20.4. The molecule has 22 heavy (non-hydrogen) atoms. The number of aliphatic carboxylic acids is 1. The first-order valence-corrected chi connectivity index (χ1v) is 5.79. The van der Waals surface area contributed by atoms with Gasteiger partial charge in [-0.25, -0.2) is 9.97 Å². The number of hydrogen-bond acceptors (Lipinski definition) is 6. The van der Waals surface area contributed by atoms with Crippen LogP contribution in [0.4, 0.5) is 11.6 Å². The molecule has 0 spiro atoms. The molecule has 2 heterocycles. The van der Waals surface area contributed by atoms with Crippen LogP contribution in [0.15, 0.2) is 48.8 Å². The summed E-state index contributed by atoms with van der Waals surface area (Å²) in [7, 11) is 0. The number of carbonyl (C=O) groups is 1. The standard InChI is InChI=1S/C10H9N3.C2H4O2.CNS.Cu.H2O/c1-3-7-11-9(5-1)13-10-6-2-4-8-12-10;1-2(3)4;2-1-3;;/h1-8H,(H,11,12,13);1H3,(H,3,4);;;1H2/q;;-1;+2;/p-1. The minimum atomic E-state index is -1.08. The average molecular weight is 370 g/mol. The Kier molecular flexibility index (Phi) is 19.1. The van der Waals surface area contributed by atoms with E-state index in [1.54, 1.807) is 12.4 Å². The molecule has 2 aromatic rings. The fourth-order valence-electron chi connectivity index (χ4n) is 1.00. The van der Waals surface area contributed by atoms with Crippen molar-refractivity contribution in [3.8, 4) is 0 Å². The largest absolute Gasteiger partial charge is 2.00 e. The zero-order valence-corrected chi connectivity index (χ0v) is 13.2. The molecule has 0 aliphatic heterocycles. The van der Waals surface area contributed by atoms with E-state index in [-0.39, 0.29) is 22.5 Å². The molecule has 0 amide bonds. The van der Waals surface area contributed by atoms with Crippen LogP contribution in [0.5, 0.6) is 0 Å². The molecule has 121 valence electrons.